The first-order valence-electron chi connectivity index (χ1n) is 10.3. The molecule has 10 nitrogen and oxygen atoms in total. The highest BCUT2D eigenvalue weighted by Gasteiger charge is 2.49. The molecule has 0 aliphatic carbocycles. The molecule has 31 heavy (non-hydrogen) atoms. The van der Waals surface area contributed by atoms with Crippen LogP contribution in [0.25, 0.3) is 0 Å². The largest absolute Gasteiger partial charge is 0.487 e. The SMILES string of the molecule is CCN=C1N[C@@H]2[C@@H](O)[C@H](O)[C@@H](CN3C=C(COc4cccc(C(C)O)c4)NN3)O[C@@H]2S1. The van der Waals surface area contributed by atoms with Gasteiger partial charge >= 0.3 is 0 Å². The number of hydrogen-bond acceptors (Lipinski definition) is 10. The van der Waals surface area contributed by atoms with Gasteiger partial charge < -0.3 is 35.5 Å². The third-order valence-electron chi connectivity index (χ3n) is 5.30. The molecule has 4 rings (SSSR count). The molecular weight excluding hydrogens is 422 g/mol. The first-order valence-corrected chi connectivity index (χ1v) is 11.2. The fourth-order valence-electron chi connectivity index (χ4n) is 3.64. The molecular formula is C20H29N5O5S. The molecule has 1 unspecified atom stereocenters. The van der Waals surface area contributed by atoms with Gasteiger partial charge in [0.25, 0.3) is 0 Å². The molecule has 170 valence electrons. The molecule has 1 aromatic rings. The summed E-state index contributed by atoms with van der Waals surface area (Å²) in [6.45, 7) is 4.91. The van der Waals surface area contributed by atoms with Crippen LogP contribution in [0.3, 0.4) is 0 Å². The van der Waals surface area contributed by atoms with Crippen molar-refractivity contribution < 1.29 is 24.8 Å². The Morgan fingerprint density at radius 3 is 2.94 bits per heavy atom. The number of hydrogen-bond donors (Lipinski definition) is 6. The van der Waals surface area contributed by atoms with Crippen molar-refractivity contribution in [1.29, 1.82) is 0 Å². The van der Waals surface area contributed by atoms with Gasteiger partial charge in [0, 0.05) is 12.7 Å². The summed E-state index contributed by atoms with van der Waals surface area (Å²) in [4.78, 5) is 4.33. The van der Waals surface area contributed by atoms with Crippen LogP contribution in [-0.2, 0) is 4.74 Å². The number of benzene rings is 1. The van der Waals surface area contributed by atoms with E-state index in [1.807, 2.05) is 31.3 Å². The molecule has 2 saturated heterocycles. The van der Waals surface area contributed by atoms with Gasteiger partial charge in [0.05, 0.1) is 24.4 Å². The number of rotatable bonds is 7. The molecule has 2 fully saturated rings. The molecule has 0 bridgehead atoms. The van der Waals surface area contributed by atoms with Crippen LogP contribution in [0, 0.1) is 0 Å². The lowest BCUT2D eigenvalue weighted by Crippen LogP contribution is -2.61. The molecule has 3 aliphatic rings. The fraction of sp³-hybridized carbons (Fsp3) is 0.550. The summed E-state index contributed by atoms with van der Waals surface area (Å²) in [6.07, 6.45) is -1.30. The van der Waals surface area contributed by atoms with Crippen LogP contribution in [0.1, 0.15) is 25.5 Å². The number of aliphatic imine (C=N–C) groups is 1. The third kappa shape index (κ3) is 5.08. The van der Waals surface area contributed by atoms with E-state index < -0.39 is 24.4 Å². The molecule has 1 aromatic carbocycles. The molecule has 0 amide bonds. The van der Waals surface area contributed by atoms with Gasteiger partial charge in [-0.25, -0.2) is 0 Å². The maximum Gasteiger partial charge on any atom is 0.159 e. The molecule has 0 aromatic heterocycles. The zero-order valence-electron chi connectivity index (χ0n) is 17.4. The lowest BCUT2D eigenvalue weighted by Gasteiger charge is -2.40. The monoisotopic (exact) mass is 451 g/mol. The predicted octanol–water partition coefficient (Wildman–Crippen LogP) is -0.187. The predicted molar refractivity (Wildman–Crippen MR) is 117 cm³/mol. The van der Waals surface area contributed by atoms with Crippen molar-refractivity contribution in [2.45, 2.75) is 49.7 Å². The Morgan fingerprint density at radius 2 is 2.16 bits per heavy atom. The third-order valence-corrected chi connectivity index (χ3v) is 6.41. The van der Waals surface area contributed by atoms with Gasteiger partial charge in [0.2, 0.25) is 0 Å². The highest BCUT2D eigenvalue weighted by molar-refractivity contribution is 8.14. The molecule has 6 atom stereocenters. The van der Waals surface area contributed by atoms with Crippen molar-refractivity contribution in [3.05, 3.63) is 41.7 Å². The van der Waals surface area contributed by atoms with Gasteiger partial charge in [-0.3, -0.25) is 10.0 Å². The summed E-state index contributed by atoms with van der Waals surface area (Å²) >= 11 is 1.43. The number of nitrogens with zero attached hydrogens (tertiary/aromatic N) is 2. The van der Waals surface area contributed by atoms with Crippen LogP contribution < -0.4 is 21.0 Å². The van der Waals surface area contributed by atoms with Crippen LogP contribution in [0.4, 0.5) is 0 Å². The number of thioether (sulfide) groups is 1. The smallest absolute Gasteiger partial charge is 0.159 e. The molecule has 3 heterocycles. The van der Waals surface area contributed by atoms with Gasteiger partial charge in [-0.1, -0.05) is 23.9 Å². The summed E-state index contributed by atoms with van der Waals surface area (Å²) in [6, 6.07) is 6.94. The van der Waals surface area contributed by atoms with E-state index in [1.165, 1.54) is 11.8 Å². The number of hydrazine groups is 2. The Balaban J connectivity index is 1.32. The first kappa shape index (κ1) is 22.2. The van der Waals surface area contributed by atoms with Crippen molar-refractivity contribution in [3.63, 3.8) is 0 Å². The van der Waals surface area contributed by atoms with Crippen LogP contribution in [0.5, 0.6) is 5.75 Å². The Kier molecular flexibility index (Phi) is 6.89. The minimum Gasteiger partial charge on any atom is -0.487 e. The zero-order valence-corrected chi connectivity index (χ0v) is 18.2. The number of amidine groups is 1. The van der Waals surface area contributed by atoms with E-state index >= 15 is 0 Å². The molecule has 6 N–H and O–H groups in total. The van der Waals surface area contributed by atoms with E-state index in [4.69, 9.17) is 9.47 Å². The Bertz CT molecular complexity index is 838. The fourth-order valence-corrected chi connectivity index (χ4v) is 4.84. The van der Waals surface area contributed by atoms with Crippen LogP contribution in [0.2, 0.25) is 0 Å². The first-order chi connectivity index (χ1) is 14.9. The molecule has 0 radical (unpaired) electrons. The average Bonchev–Trinajstić information content (AvgIpc) is 3.37. The molecule has 11 heteroatoms. The van der Waals surface area contributed by atoms with Crippen molar-refractivity contribution >= 4 is 16.9 Å². The maximum atomic E-state index is 10.5. The Hall–Kier alpha value is -2.02. The molecule has 3 aliphatic heterocycles. The van der Waals surface area contributed by atoms with Crippen molar-refractivity contribution in [2.24, 2.45) is 4.99 Å². The minimum absolute atomic E-state index is 0.296. The topological polar surface area (TPSA) is 131 Å². The lowest BCUT2D eigenvalue weighted by molar-refractivity contribution is -0.161. The van der Waals surface area contributed by atoms with E-state index in [0.717, 1.165) is 16.4 Å². The number of ether oxygens (including phenoxy) is 2. The number of aliphatic hydroxyl groups is 3. The van der Waals surface area contributed by atoms with E-state index in [-0.39, 0.29) is 11.5 Å². The van der Waals surface area contributed by atoms with Crippen molar-refractivity contribution in [1.82, 2.24) is 21.3 Å². The number of aliphatic hydroxyl groups excluding tert-OH is 3. The highest BCUT2D eigenvalue weighted by Crippen LogP contribution is 2.34. The van der Waals surface area contributed by atoms with E-state index in [2.05, 4.69) is 21.3 Å². The standard InChI is InChI=1S/C20H29N5O5S/c1-3-21-20-22-16-18(28)17(27)15(30-19(16)31-20)9-25-8-13(23-24-25)10-29-14-6-4-5-12(7-14)11(2)26/h4-8,11,15-19,23-24,26-28H,3,9-10H2,1-2H3,(H,21,22)/t11?,15-,16-,17-,18-,19-/m1/s1. The van der Waals surface area contributed by atoms with Gasteiger partial charge in [0.15, 0.2) is 5.17 Å². The van der Waals surface area contributed by atoms with Gasteiger partial charge in [0.1, 0.15) is 36.1 Å². The highest BCUT2D eigenvalue weighted by atomic mass is 32.2. The van der Waals surface area contributed by atoms with Crippen molar-refractivity contribution in [3.8, 4) is 5.75 Å². The summed E-state index contributed by atoms with van der Waals surface area (Å²) in [7, 11) is 0. The summed E-state index contributed by atoms with van der Waals surface area (Å²) < 4.78 is 11.8. The summed E-state index contributed by atoms with van der Waals surface area (Å²) in [5.74, 6) is 0.662. The van der Waals surface area contributed by atoms with Crippen LogP contribution in [-0.4, -0.2) is 75.0 Å². The van der Waals surface area contributed by atoms with Gasteiger partial charge in [-0.15, -0.1) is 5.53 Å². The maximum absolute atomic E-state index is 10.5. The normalized spacial score (nSPS) is 32.3. The average molecular weight is 452 g/mol. The minimum atomic E-state index is -1.03. The van der Waals surface area contributed by atoms with Gasteiger partial charge in [-0.05, 0) is 31.5 Å². The Morgan fingerprint density at radius 1 is 1.32 bits per heavy atom. The second-order valence-electron chi connectivity index (χ2n) is 7.67. The van der Waals surface area contributed by atoms with E-state index in [9.17, 15) is 15.3 Å². The second-order valence-corrected chi connectivity index (χ2v) is 8.76. The lowest BCUT2D eigenvalue weighted by atomic mass is 9.98. The molecule has 0 saturated carbocycles. The summed E-state index contributed by atoms with van der Waals surface area (Å²) in [5, 5.41) is 36.4. The van der Waals surface area contributed by atoms with Crippen LogP contribution in [0.15, 0.2) is 41.2 Å². The Labute approximate surface area is 185 Å². The van der Waals surface area contributed by atoms with Crippen LogP contribution >= 0.6 is 11.8 Å². The zero-order chi connectivity index (χ0) is 22.0. The van der Waals surface area contributed by atoms with Crippen molar-refractivity contribution in [2.75, 3.05) is 19.7 Å². The number of fused-ring (bicyclic) bond motifs is 1. The van der Waals surface area contributed by atoms with E-state index in [0.29, 0.717) is 25.4 Å². The number of nitrogens with one attached hydrogen (secondary N) is 3. The summed E-state index contributed by atoms with van der Waals surface area (Å²) in [5.41, 5.74) is 7.30. The molecule has 0 spiro atoms. The van der Waals surface area contributed by atoms with Gasteiger partial charge in [-0.2, -0.15) is 0 Å². The second kappa shape index (κ2) is 9.63. The quantitative estimate of drug-likeness (QED) is 0.332. The van der Waals surface area contributed by atoms with E-state index in [1.54, 1.807) is 18.0 Å².